The van der Waals surface area contributed by atoms with Crippen molar-refractivity contribution in [1.29, 1.82) is 0 Å². The Balaban J connectivity index is 2.04. The second-order valence-electron chi connectivity index (χ2n) is 6.40. The Morgan fingerprint density at radius 1 is 0.731 bits per heavy atom. The van der Waals surface area contributed by atoms with Crippen molar-refractivity contribution in [3.63, 3.8) is 0 Å². The monoisotopic (exact) mass is 370 g/mol. The molecule has 0 bridgehead atoms. The van der Waals surface area contributed by atoms with Gasteiger partial charge in [-0.05, 0) is 35.0 Å². The van der Waals surface area contributed by atoms with E-state index in [0.717, 1.165) is 26.5 Å². The molecule has 26 heavy (non-hydrogen) atoms. The van der Waals surface area contributed by atoms with Crippen LogP contribution >= 0.6 is 22.9 Å². The third kappa shape index (κ3) is 1.82. The van der Waals surface area contributed by atoms with E-state index in [1.165, 1.54) is 26.2 Å². The van der Waals surface area contributed by atoms with Crippen LogP contribution in [0.25, 0.3) is 52.8 Å². The molecule has 0 saturated carbocycles. The van der Waals surface area contributed by atoms with Crippen LogP contribution in [0, 0.1) is 0 Å². The highest BCUT2D eigenvalue weighted by Gasteiger charge is 2.17. The van der Waals surface area contributed by atoms with Gasteiger partial charge in [0, 0.05) is 32.4 Å². The molecule has 0 amide bonds. The minimum absolute atomic E-state index is 0.570. The van der Waals surface area contributed by atoms with E-state index in [1.807, 2.05) is 24.4 Å². The molecule has 4 heteroatoms. The van der Waals surface area contributed by atoms with Crippen molar-refractivity contribution in [1.82, 2.24) is 9.97 Å². The first-order valence-corrected chi connectivity index (χ1v) is 9.57. The van der Waals surface area contributed by atoms with Gasteiger partial charge in [0.05, 0.1) is 15.7 Å². The second kappa shape index (κ2) is 5.13. The Kier molecular flexibility index (Phi) is 2.85. The van der Waals surface area contributed by atoms with E-state index in [0.29, 0.717) is 5.15 Å². The lowest BCUT2D eigenvalue weighted by Crippen LogP contribution is -1.86. The highest BCUT2D eigenvalue weighted by atomic mass is 35.5. The number of halogens is 1. The van der Waals surface area contributed by atoms with Crippen LogP contribution in [-0.2, 0) is 0 Å². The van der Waals surface area contributed by atoms with Gasteiger partial charge in [-0.25, -0.2) is 4.98 Å². The van der Waals surface area contributed by atoms with Gasteiger partial charge in [0.1, 0.15) is 5.15 Å². The third-order valence-corrected chi connectivity index (χ3v) is 6.55. The first-order chi connectivity index (χ1) is 12.8. The average Bonchev–Trinajstić information content (AvgIpc) is 3.08. The van der Waals surface area contributed by atoms with Gasteiger partial charge >= 0.3 is 0 Å². The molecule has 0 atom stereocenters. The van der Waals surface area contributed by atoms with E-state index in [2.05, 4.69) is 52.4 Å². The van der Waals surface area contributed by atoms with E-state index in [4.69, 9.17) is 11.6 Å². The summed E-state index contributed by atoms with van der Waals surface area (Å²) in [5, 5.41) is 7.76. The normalized spacial score (nSPS) is 12.0. The van der Waals surface area contributed by atoms with Crippen LogP contribution in [0.4, 0.5) is 0 Å². The molecule has 2 nitrogen and oxygen atoms in total. The Morgan fingerprint density at radius 3 is 2.54 bits per heavy atom. The van der Waals surface area contributed by atoms with Gasteiger partial charge in [-0.15, -0.1) is 11.3 Å². The van der Waals surface area contributed by atoms with Crippen molar-refractivity contribution >= 4 is 75.7 Å². The fraction of sp³-hybridized carbons (Fsp3) is 0. The lowest BCUT2D eigenvalue weighted by molar-refractivity contribution is 1.41. The number of aromatic nitrogens is 2. The third-order valence-electron chi connectivity index (χ3n) is 5.00. The highest BCUT2D eigenvalue weighted by Crippen LogP contribution is 2.45. The first-order valence-electron chi connectivity index (χ1n) is 8.38. The van der Waals surface area contributed by atoms with Crippen LogP contribution in [0.1, 0.15) is 0 Å². The van der Waals surface area contributed by atoms with Crippen LogP contribution in [-0.4, -0.2) is 9.97 Å². The summed E-state index contributed by atoms with van der Waals surface area (Å²) in [6.45, 7) is 0. The molecule has 3 heterocycles. The smallest absolute Gasteiger partial charge is 0.147 e. The van der Waals surface area contributed by atoms with E-state index >= 15 is 0 Å². The predicted octanol–water partition coefficient (Wildman–Crippen LogP) is 6.96. The van der Waals surface area contributed by atoms with Crippen molar-refractivity contribution in [2.24, 2.45) is 0 Å². The fourth-order valence-electron chi connectivity index (χ4n) is 3.91. The van der Waals surface area contributed by atoms with Gasteiger partial charge < -0.3 is 0 Å². The molecule has 3 aromatic carbocycles. The Bertz CT molecular complexity index is 1500. The van der Waals surface area contributed by atoms with Gasteiger partial charge in [-0.2, -0.15) is 0 Å². The van der Waals surface area contributed by atoms with Gasteiger partial charge in [0.15, 0.2) is 0 Å². The largest absolute Gasteiger partial charge is 0.256 e. The maximum absolute atomic E-state index is 6.59. The number of hydrogen-bond acceptors (Lipinski definition) is 3. The number of hydrogen-bond donors (Lipinski definition) is 0. The summed E-state index contributed by atoms with van der Waals surface area (Å²) in [6.07, 6.45) is 1.83. The maximum atomic E-state index is 6.59. The zero-order chi connectivity index (χ0) is 17.3. The lowest BCUT2D eigenvalue weighted by atomic mass is 9.99. The molecule has 0 aliphatic rings. The zero-order valence-electron chi connectivity index (χ0n) is 13.5. The molecular weight excluding hydrogens is 360 g/mol. The molecule has 0 spiro atoms. The van der Waals surface area contributed by atoms with Gasteiger partial charge in [-0.3, -0.25) is 4.98 Å². The first kappa shape index (κ1) is 14.4. The molecule has 3 aromatic heterocycles. The summed E-state index contributed by atoms with van der Waals surface area (Å²) in [7, 11) is 0. The van der Waals surface area contributed by atoms with Gasteiger partial charge in [0.25, 0.3) is 0 Å². The van der Waals surface area contributed by atoms with Crippen molar-refractivity contribution in [2.45, 2.75) is 0 Å². The van der Waals surface area contributed by atoms with Gasteiger partial charge in [-0.1, -0.05) is 48.0 Å². The molecule has 0 radical (unpaired) electrons. The summed E-state index contributed by atoms with van der Waals surface area (Å²) in [5.41, 5.74) is 1.89. The molecule has 122 valence electrons. The van der Waals surface area contributed by atoms with Gasteiger partial charge in [0.2, 0.25) is 0 Å². The summed E-state index contributed by atoms with van der Waals surface area (Å²) < 4.78 is 2.28. The second-order valence-corrected chi connectivity index (χ2v) is 7.81. The molecule has 0 fully saturated rings. The van der Waals surface area contributed by atoms with E-state index in [9.17, 15) is 0 Å². The topological polar surface area (TPSA) is 25.8 Å². The summed E-state index contributed by atoms with van der Waals surface area (Å²) in [6, 6.07) is 21.0. The number of fused-ring (bicyclic) bond motifs is 9. The molecule has 0 saturated heterocycles. The SMILES string of the molecule is Clc1nc2ccc3ncccc3c2c2c1sc1ccc3ccccc3c12. The van der Waals surface area contributed by atoms with Crippen molar-refractivity contribution < 1.29 is 0 Å². The molecule has 0 aliphatic carbocycles. The molecule has 6 aromatic rings. The zero-order valence-corrected chi connectivity index (χ0v) is 15.1. The highest BCUT2D eigenvalue weighted by molar-refractivity contribution is 7.26. The molecular formula is C22H11ClN2S. The van der Waals surface area contributed by atoms with Crippen LogP contribution in [0.5, 0.6) is 0 Å². The predicted molar refractivity (Wildman–Crippen MR) is 112 cm³/mol. The minimum Gasteiger partial charge on any atom is -0.256 e. The summed E-state index contributed by atoms with van der Waals surface area (Å²) in [4.78, 5) is 9.21. The lowest BCUT2D eigenvalue weighted by Gasteiger charge is -2.07. The number of rotatable bonds is 0. The number of benzene rings is 3. The minimum atomic E-state index is 0.570. The van der Waals surface area contributed by atoms with E-state index in [1.54, 1.807) is 11.3 Å². The van der Waals surface area contributed by atoms with E-state index < -0.39 is 0 Å². The fourth-order valence-corrected chi connectivity index (χ4v) is 5.31. The van der Waals surface area contributed by atoms with Crippen molar-refractivity contribution in [3.8, 4) is 0 Å². The Labute approximate surface area is 157 Å². The summed E-state index contributed by atoms with van der Waals surface area (Å²) >= 11 is 8.31. The molecule has 0 N–H and O–H groups in total. The van der Waals surface area contributed by atoms with E-state index in [-0.39, 0.29) is 0 Å². The maximum Gasteiger partial charge on any atom is 0.147 e. The van der Waals surface area contributed by atoms with Crippen molar-refractivity contribution in [3.05, 3.63) is 72.0 Å². The Morgan fingerprint density at radius 2 is 1.58 bits per heavy atom. The average molecular weight is 371 g/mol. The number of thiophene rings is 1. The number of nitrogens with zero attached hydrogens (tertiary/aromatic N) is 2. The quantitative estimate of drug-likeness (QED) is 0.213. The van der Waals surface area contributed by atoms with Crippen LogP contribution < -0.4 is 0 Å². The summed E-state index contributed by atoms with van der Waals surface area (Å²) in [5.74, 6) is 0. The molecule has 0 aliphatic heterocycles. The van der Waals surface area contributed by atoms with Crippen LogP contribution in [0.2, 0.25) is 5.15 Å². The van der Waals surface area contributed by atoms with Crippen LogP contribution in [0.15, 0.2) is 66.9 Å². The standard InChI is InChI=1S/C22H11ClN2S/c23-22-21-20(18-14-6-3-11-24-15(14)8-9-16(18)25-22)19-13-5-2-1-4-12(13)7-10-17(19)26-21/h1-11H. The Hall–Kier alpha value is -2.75. The number of pyridine rings is 2. The van der Waals surface area contributed by atoms with Crippen LogP contribution in [0.3, 0.4) is 0 Å². The molecule has 6 rings (SSSR count). The molecule has 0 unspecified atom stereocenters. The van der Waals surface area contributed by atoms with Crippen molar-refractivity contribution in [2.75, 3.05) is 0 Å².